The van der Waals surface area contributed by atoms with Crippen LogP contribution in [-0.4, -0.2) is 34.8 Å². The number of anilines is 1. The number of hydrogen-bond acceptors (Lipinski definition) is 6. The first-order valence-corrected chi connectivity index (χ1v) is 9.49. The first kappa shape index (κ1) is 18.5. The van der Waals surface area contributed by atoms with Crippen LogP contribution in [0.1, 0.15) is 50.6 Å². The highest BCUT2D eigenvalue weighted by Gasteiger charge is 2.20. The van der Waals surface area contributed by atoms with Crippen LogP contribution >= 0.6 is 0 Å². The molecule has 0 radical (unpaired) electrons. The molecule has 1 aliphatic heterocycles. The lowest BCUT2D eigenvalue weighted by Crippen LogP contribution is -2.29. The number of piperidine rings is 1. The molecule has 6 nitrogen and oxygen atoms in total. The lowest BCUT2D eigenvalue weighted by molar-refractivity contribution is 0.306. The van der Waals surface area contributed by atoms with E-state index in [4.69, 9.17) is 10.5 Å². The molecular weight excluding hydrogens is 328 g/mol. The molecule has 1 aliphatic rings. The van der Waals surface area contributed by atoms with E-state index in [0.29, 0.717) is 29.5 Å². The quantitative estimate of drug-likeness (QED) is 0.658. The number of aromatic hydroxyl groups is 1. The molecule has 0 bridgehead atoms. The molecule has 1 unspecified atom stereocenters. The summed E-state index contributed by atoms with van der Waals surface area (Å²) >= 11 is 0. The van der Waals surface area contributed by atoms with Crippen LogP contribution in [0.4, 0.5) is 5.95 Å². The maximum absolute atomic E-state index is 10.4. The number of hydrogen-bond donors (Lipinski definition) is 3. The smallest absolute Gasteiger partial charge is 0.220 e. The highest BCUT2D eigenvalue weighted by Crippen LogP contribution is 2.38. The maximum Gasteiger partial charge on any atom is 0.220 e. The van der Waals surface area contributed by atoms with Crippen molar-refractivity contribution >= 4 is 5.95 Å². The summed E-state index contributed by atoms with van der Waals surface area (Å²) < 4.78 is 5.93. The van der Waals surface area contributed by atoms with Crippen molar-refractivity contribution in [3.8, 4) is 22.8 Å². The SMILES string of the molecule is CCCCCOc1cccc(O)c1-c1cc(C2CCCNC2)nc(N)n1. The molecule has 0 spiro atoms. The summed E-state index contributed by atoms with van der Waals surface area (Å²) in [6.45, 7) is 4.70. The molecule has 1 saturated heterocycles. The Morgan fingerprint density at radius 3 is 2.96 bits per heavy atom. The molecule has 0 saturated carbocycles. The Kier molecular flexibility index (Phi) is 6.28. The minimum absolute atomic E-state index is 0.142. The lowest BCUT2D eigenvalue weighted by Gasteiger charge is -2.23. The van der Waals surface area contributed by atoms with Crippen molar-refractivity contribution < 1.29 is 9.84 Å². The van der Waals surface area contributed by atoms with Gasteiger partial charge in [0.1, 0.15) is 11.5 Å². The highest BCUT2D eigenvalue weighted by molar-refractivity contribution is 5.74. The van der Waals surface area contributed by atoms with Crippen LogP contribution in [0.5, 0.6) is 11.5 Å². The predicted molar refractivity (Wildman–Crippen MR) is 103 cm³/mol. The van der Waals surface area contributed by atoms with E-state index in [2.05, 4.69) is 22.2 Å². The first-order chi connectivity index (χ1) is 12.7. The summed E-state index contributed by atoms with van der Waals surface area (Å²) in [5.74, 6) is 1.31. The molecule has 1 aromatic heterocycles. The molecule has 2 heterocycles. The molecular formula is C20H28N4O2. The number of nitrogens with two attached hydrogens (primary N) is 1. The summed E-state index contributed by atoms with van der Waals surface area (Å²) in [6.07, 6.45) is 5.43. The van der Waals surface area contributed by atoms with E-state index in [9.17, 15) is 5.11 Å². The Bertz CT molecular complexity index is 730. The summed E-state index contributed by atoms with van der Waals surface area (Å²) in [7, 11) is 0. The fourth-order valence-corrected chi connectivity index (χ4v) is 3.36. The summed E-state index contributed by atoms with van der Waals surface area (Å²) in [5, 5.41) is 13.8. The first-order valence-electron chi connectivity index (χ1n) is 9.49. The third-order valence-corrected chi connectivity index (χ3v) is 4.74. The minimum atomic E-state index is 0.142. The van der Waals surface area contributed by atoms with Crippen LogP contribution in [0.2, 0.25) is 0 Å². The number of nitrogen functional groups attached to an aromatic ring is 1. The molecule has 1 atom stereocenters. The highest BCUT2D eigenvalue weighted by atomic mass is 16.5. The number of phenols is 1. The third kappa shape index (κ3) is 4.43. The molecule has 1 aromatic carbocycles. The second kappa shape index (κ2) is 8.85. The number of phenolic OH excluding ortho intramolecular Hbond substituents is 1. The van der Waals surface area contributed by atoms with Gasteiger partial charge in [-0.1, -0.05) is 25.8 Å². The molecule has 6 heteroatoms. The number of benzene rings is 1. The van der Waals surface area contributed by atoms with Crippen LogP contribution < -0.4 is 15.8 Å². The number of aromatic nitrogens is 2. The van der Waals surface area contributed by atoms with Crippen LogP contribution in [0.25, 0.3) is 11.3 Å². The van der Waals surface area contributed by atoms with Crippen molar-refractivity contribution in [1.29, 1.82) is 0 Å². The third-order valence-electron chi connectivity index (χ3n) is 4.74. The van der Waals surface area contributed by atoms with E-state index >= 15 is 0 Å². The second-order valence-electron chi connectivity index (χ2n) is 6.79. The maximum atomic E-state index is 10.4. The standard InChI is InChI=1S/C20H28N4O2/c1-2-3-4-11-26-18-9-5-8-17(25)19(18)16-12-15(23-20(21)24-16)14-7-6-10-22-13-14/h5,8-9,12,14,22,25H,2-4,6-7,10-11,13H2,1H3,(H2,21,23,24). The number of unbranched alkanes of at least 4 members (excludes halogenated alkanes) is 2. The van der Waals surface area contributed by atoms with E-state index < -0.39 is 0 Å². The molecule has 4 N–H and O–H groups in total. The van der Waals surface area contributed by atoms with Gasteiger partial charge in [-0.3, -0.25) is 0 Å². The zero-order chi connectivity index (χ0) is 18.4. The van der Waals surface area contributed by atoms with E-state index in [1.807, 2.05) is 12.1 Å². The van der Waals surface area contributed by atoms with Crippen LogP contribution in [-0.2, 0) is 0 Å². The summed E-state index contributed by atoms with van der Waals surface area (Å²) in [5.41, 5.74) is 8.09. The lowest BCUT2D eigenvalue weighted by atomic mass is 9.95. The zero-order valence-corrected chi connectivity index (χ0v) is 15.4. The molecule has 2 aromatic rings. The van der Waals surface area contributed by atoms with Crippen molar-refractivity contribution in [2.75, 3.05) is 25.4 Å². The Balaban J connectivity index is 1.91. The van der Waals surface area contributed by atoms with Gasteiger partial charge < -0.3 is 20.9 Å². The van der Waals surface area contributed by atoms with E-state index in [1.165, 1.54) is 0 Å². The molecule has 0 amide bonds. The zero-order valence-electron chi connectivity index (χ0n) is 15.4. The Morgan fingerprint density at radius 1 is 1.31 bits per heavy atom. The number of nitrogens with zero attached hydrogens (tertiary/aromatic N) is 2. The predicted octanol–water partition coefficient (Wildman–Crippen LogP) is 3.47. The normalized spacial score (nSPS) is 17.2. The molecule has 140 valence electrons. The molecule has 1 fully saturated rings. The van der Waals surface area contributed by atoms with Gasteiger partial charge in [-0.25, -0.2) is 9.97 Å². The van der Waals surface area contributed by atoms with Crippen LogP contribution in [0, 0.1) is 0 Å². The van der Waals surface area contributed by atoms with Gasteiger partial charge in [-0.2, -0.15) is 0 Å². The van der Waals surface area contributed by atoms with Gasteiger partial charge >= 0.3 is 0 Å². The van der Waals surface area contributed by atoms with Crippen molar-refractivity contribution in [1.82, 2.24) is 15.3 Å². The van der Waals surface area contributed by atoms with Crippen molar-refractivity contribution in [2.45, 2.75) is 44.9 Å². The van der Waals surface area contributed by atoms with E-state index in [-0.39, 0.29) is 11.7 Å². The Morgan fingerprint density at radius 2 is 2.19 bits per heavy atom. The van der Waals surface area contributed by atoms with Gasteiger partial charge in [0, 0.05) is 12.5 Å². The second-order valence-corrected chi connectivity index (χ2v) is 6.79. The largest absolute Gasteiger partial charge is 0.507 e. The van der Waals surface area contributed by atoms with Crippen LogP contribution in [0.15, 0.2) is 24.3 Å². The van der Waals surface area contributed by atoms with Gasteiger partial charge in [-0.05, 0) is 44.0 Å². The summed E-state index contributed by atoms with van der Waals surface area (Å²) in [6, 6.07) is 7.22. The van der Waals surface area contributed by atoms with Gasteiger partial charge in [0.25, 0.3) is 0 Å². The Labute approximate surface area is 154 Å². The fraction of sp³-hybridized carbons (Fsp3) is 0.500. The van der Waals surface area contributed by atoms with E-state index in [1.54, 1.807) is 12.1 Å². The molecule has 3 rings (SSSR count). The Hall–Kier alpha value is -2.34. The average molecular weight is 356 g/mol. The topological polar surface area (TPSA) is 93.3 Å². The van der Waals surface area contributed by atoms with E-state index in [0.717, 1.165) is 50.9 Å². The molecule has 26 heavy (non-hydrogen) atoms. The van der Waals surface area contributed by atoms with Gasteiger partial charge in [0.15, 0.2) is 0 Å². The minimum Gasteiger partial charge on any atom is -0.507 e. The van der Waals surface area contributed by atoms with Crippen molar-refractivity contribution in [2.24, 2.45) is 0 Å². The van der Waals surface area contributed by atoms with Crippen molar-refractivity contribution in [3.05, 3.63) is 30.0 Å². The van der Waals surface area contributed by atoms with Crippen molar-refractivity contribution in [3.63, 3.8) is 0 Å². The number of rotatable bonds is 7. The van der Waals surface area contributed by atoms with Crippen LogP contribution in [0.3, 0.4) is 0 Å². The van der Waals surface area contributed by atoms with Gasteiger partial charge in [-0.15, -0.1) is 0 Å². The van der Waals surface area contributed by atoms with Gasteiger partial charge in [0.05, 0.1) is 23.6 Å². The summed E-state index contributed by atoms with van der Waals surface area (Å²) in [4.78, 5) is 8.80. The molecule has 0 aliphatic carbocycles. The number of nitrogens with one attached hydrogen (secondary N) is 1. The fourth-order valence-electron chi connectivity index (χ4n) is 3.36. The average Bonchev–Trinajstić information content (AvgIpc) is 2.65. The van der Waals surface area contributed by atoms with Gasteiger partial charge in [0.2, 0.25) is 5.95 Å². The number of ether oxygens (including phenoxy) is 1. The monoisotopic (exact) mass is 356 g/mol.